The van der Waals surface area contributed by atoms with Gasteiger partial charge in [0, 0.05) is 31.9 Å². The molecule has 1 aliphatic rings. The zero-order valence-electron chi connectivity index (χ0n) is 27.2. The van der Waals surface area contributed by atoms with E-state index in [0.29, 0.717) is 11.8 Å². The summed E-state index contributed by atoms with van der Waals surface area (Å²) in [6.45, 7) is 6.54. The Kier molecular flexibility index (Phi) is 11.4. The summed E-state index contributed by atoms with van der Waals surface area (Å²) < 4.78 is 95.2. The summed E-state index contributed by atoms with van der Waals surface area (Å²) in [5.41, 5.74) is -4.89. The second-order valence-corrected chi connectivity index (χ2v) is 13.1. The van der Waals surface area contributed by atoms with Gasteiger partial charge >= 0.3 is 24.1 Å². The van der Waals surface area contributed by atoms with Crippen LogP contribution < -0.4 is 0 Å². The van der Waals surface area contributed by atoms with Gasteiger partial charge in [-0.15, -0.1) is 16.9 Å². The number of nitrogens with zero attached hydrogens (tertiary/aromatic N) is 3. The molecule has 0 radical (unpaired) electrons. The molecule has 0 bridgehead atoms. The highest BCUT2D eigenvalue weighted by molar-refractivity contribution is 8.00. The van der Waals surface area contributed by atoms with Crippen molar-refractivity contribution in [2.75, 3.05) is 6.61 Å². The predicted octanol–water partition coefficient (Wildman–Crippen LogP) is 5.49. The van der Waals surface area contributed by atoms with Gasteiger partial charge < -0.3 is 24.1 Å². The van der Waals surface area contributed by atoms with E-state index in [9.17, 15) is 41.4 Å². The van der Waals surface area contributed by atoms with Crippen molar-refractivity contribution in [3.05, 3.63) is 70.9 Å². The van der Waals surface area contributed by atoms with Gasteiger partial charge in [0.2, 0.25) is 0 Å². The zero-order chi connectivity index (χ0) is 36.4. The van der Waals surface area contributed by atoms with Crippen LogP contribution in [0, 0.1) is 18.6 Å². The molecule has 1 saturated heterocycles. The zero-order valence-corrected chi connectivity index (χ0v) is 28.0. The van der Waals surface area contributed by atoms with Gasteiger partial charge in [-0.05, 0) is 44.5 Å². The maximum absolute atomic E-state index is 14.4. The van der Waals surface area contributed by atoms with E-state index in [1.807, 2.05) is 0 Å². The highest BCUT2D eigenvalue weighted by Crippen LogP contribution is 2.50. The van der Waals surface area contributed by atoms with Crippen LogP contribution in [0.5, 0.6) is 0 Å². The van der Waals surface area contributed by atoms with Gasteiger partial charge in [-0.2, -0.15) is 13.2 Å². The standard InChI is InChI=1S/C32H34F5N3O8S/c1-15-22(33)11-19(12-23(15)34)24-13-40(39-38-24)26-27(46-17(3)42)25(14-45-16(2)41)48-30(28(26)47-18(4)43)49-29(31(5,6)44)20-9-7-8-10-21(20)32(35,36)37/h7-13,25-30,44H,14H2,1-6H3/t25-,26+,27+,28-,29?,30+/m1/s1. The minimum Gasteiger partial charge on any atom is -0.463 e. The summed E-state index contributed by atoms with van der Waals surface area (Å²) in [7, 11) is 0. The Balaban J connectivity index is 1.90. The molecule has 3 aromatic rings. The summed E-state index contributed by atoms with van der Waals surface area (Å²) in [4.78, 5) is 36.8. The van der Waals surface area contributed by atoms with Crippen LogP contribution in [0.4, 0.5) is 22.0 Å². The molecule has 266 valence electrons. The largest absolute Gasteiger partial charge is 0.463 e. The molecule has 1 fully saturated rings. The molecule has 0 spiro atoms. The minimum absolute atomic E-state index is 0.0137. The molecule has 1 unspecified atom stereocenters. The van der Waals surface area contributed by atoms with Gasteiger partial charge in [-0.3, -0.25) is 14.4 Å². The van der Waals surface area contributed by atoms with Crippen molar-refractivity contribution >= 4 is 29.7 Å². The predicted molar refractivity (Wildman–Crippen MR) is 164 cm³/mol. The van der Waals surface area contributed by atoms with E-state index in [0.717, 1.165) is 43.7 Å². The Hall–Kier alpha value is -4.09. The average molecular weight is 716 g/mol. The molecular weight excluding hydrogens is 681 g/mol. The number of carbonyl (C=O) groups is 3. The molecule has 0 saturated carbocycles. The maximum atomic E-state index is 14.4. The number of aromatic nitrogens is 3. The van der Waals surface area contributed by atoms with E-state index in [1.54, 1.807) is 0 Å². The highest BCUT2D eigenvalue weighted by atomic mass is 32.2. The van der Waals surface area contributed by atoms with Crippen LogP contribution >= 0.6 is 11.8 Å². The molecule has 11 nitrogen and oxygen atoms in total. The van der Waals surface area contributed by atoms with Crippen LogP contribution in [0.15, 0.2) is 42.6 Å². The quantitative estimate of drug-likeness (QED) is 0.162. The normalized spacial score (nSPS) is 21.9. The molecule has 1 aromatic heterocycles. The van der Waals surface area contributed by atoms with Crippen LogP contribution in [-0.4, -0.2) is 74.0 Å². The highest BCUT2D eigenvalue weighted by Gasteiger charge is 2.54. The fourth-order valence-corrected chi connectivity index (χ4v) is 6.91. The third kappa shape index (κ3) is 8.93. The molecule has 2 aromatic carbocycles. The van der Waals surface area contributed by atoms with E-state index < -0.39 is 88.5 Å². The lowest BCUT2D eigenvalue weighted by atomic mass is 9.94. The first-order valence-electron chi connectivity index (χ1n) is 14.8. The van der Waals surface area contributed by atoms with Gasteiger partial charge in [-0.25, -0.2) is 13.5 Å². The topological polar surface area (TPSA) is 139 Å². The van der Waals surface area contributed by atoms with Crippen molar-refractivity contribution in [3.63, 3.8) is 0 Å². The molecule has 6 atom stereocenters. The van der Waals surface area contributed by atoms with E-state index in [-0.39, 0.29) is 22.4 Å². The number of ether oxygens (including phenoxy) is 4. The Morgan fingerprint density at radius 3 is 2.14 bits per heavy atom. The number of carbonyl (C=O) groups excluding carboxylic acids is 3. The van der Waals surface area contributed by atoms with E-state index >= 15 is 0 Å². The van der Waals surface area contributed by atoms with Gasteiger partial charge in [0.25, 0.3) is 0 Å². The first-order valence-corrected chi connectivity index (χ1v) is 15.8. The Morgan fingerprint density at radius 1 is 1.00 bits per heavy atom. The van der Waals surface area contributed by atoms with Crippen molar-refractivity contribution in [1.29, 1.82) is 0 Å². The second-order valence-electron chi connectivity index (χ2n) is 11.9. The number of esters is 3. The fourth-order valence-electron chi connectivity index (χ4n) is 5.38. The van der Waals surface area contributed by atoms with Crippen LogP contribution in [-0.2, 0) is 39.5 Å². The monoisotopic (exact) mass is 715 g/mol. The van der Waals surface area contributed by atoms with Crippen molar-refractivity contribution in [1.82, 2.24) is 15.0 Å². The smallest absolute Gasteiger partial charge is 0.416 e. The molecule has 1 aliphatic heterocycles. The van der Waals surface area contributed by atoms with E-state index in [1.165, 1.54) is 45.2 Å². The lowest BCUT2D eigenvalue weighted by Crippen LogP contribution is -2.58. The van der Waals surface area contributed by atoms with Crippen LogP contribution in [0.25, 0.3) is 11.3 Å². The van der Waals surface area contributed by atoms with Gasteiger partial charge in [0.05, 0.1) is 22.6 Å². The Labute approximate surface area is 282 Å². The number of aliphatic hydroxyl groups is 1. The van der Waals surface area contributed by atoms with Gasteiger partial charge in [0.1, 0.15) is 41.5 Å². The maximum Gasteiger partial charge on any atom is 0.416 e. The third-order valence-corrected chi connectivity index (χ3v) is 9.28. The van der Waals surface area contributed by atoms with Gasteiger partial charge in [0.15, 0.2) is 12.2 Å². The van der Waals surface area contributed by atoms with Crippen molar-refractivity contribution in [3.8, 4) is 11.3 Å². The minimum atomic E-state index is -4.81. The van der Waals surface area contributed by atoms with Crippen LogP contribution in [0.2, 0.25) is 0 Å². The summed E-state index contributed by atoms with van der Waals surface area (Å²) in [6.07, 6.45) is -7.84. The van der Waals surface area contributed by atoms with Crippen molar-refractivity contribution in [2.24, 2.45) is 0 Å². The lowest BCUT2D eigenvalue weighted by Gasteiger charge is -2.46. The molecule has 49 heavy (non-hydrogen) atoms. The van der Waals surface area contributed by atoms with Crippen molar-refractivity contribution in [2.45, 2.75) is 88.4 Å². The van der Waals surface area contributed by atoms with Crippen LogP contribution in [0.3, 0.4) is 0 Å². The van der Waals surface area contributed by atoms with Crippen LogP contribution in [0.1, 0.15) is 62.6 Å². The summed E-state index contributed by atoms with van der Waals surface area (Å²) >= 11 is 0.681. The van der Waals surface area contributed by atoms with Crippen molar-refractivity contribution < 1.29 is 60.4 Å². The number of halogens is 5. The number of benzene rings is 2. The fraction of sp³-hybridized carbons (Fsp3) is 0.469. The Bertz CT molecular complexity index is 1670. The Morgan fingerprint density at radius 2 is 1.59 bits per heavy atom. The summed E-state index contributed by atoms with van der Waals surface area (Å²) in [5, 5.41) is 17.9. The summed E-state index contributed by atoms with van der Waals surface area (Å²) in [6, 6.07) is 5.31. The molecule has 0 aliphatic carbocycles. The molecule has 1 N–H and O–H groups in total. The first-order chi connectivity index (χ1) is 22.8. The van der Waals surface area contributed by atoms with Gasteiger partial charge in [-0.1, -0.05) is 23.4 Å². The molecule has 4 rings (SSSR count). The third-order valence-electron chi connectivity index (χ3n) is 7.52. The first kappa shape index (κ1) is 37.7. The molecule has 0 amide bonds. The number of hydrogen-bond acceptors (Lipinski definition) is 11. The number of alkyl halides is 3. The molecule has 17 heteroatoms. The molecule has 2 heterocycles. The lowest BCUT2D eigenvalue weighted by molar-refractivity contribution is -0.212. The number of thioether (sulfide) groups is 1. The van der Waals surface area contributed by atoms with E-state index in [4.69, 9.17) is 18.9 Å². The number of hydrogen-bond donors (Lipinski definition) is 1. The average Bonchev–Trinajstić information content (AvgIpc) is 3.47. The molecular formula is C32H34F5N3O8S. The number of rotatable bonds is 10. The summed E-state index contributed by atoms with van der Waals surface area (Å²) in [5.74, 6) is -4.17. The SMILES string of the molecule is CC(=O)OC[C@H]1O[C@@H](SC(c2ccccc2C(F)(F)F)C(C)(C)O)[C@H](OC(C)=O)[C@@H](n2cc(-c3cc(F)c(C)c(F)c3)nn2)[C@H]1OC(C)=O. The second kappa shape index (κ2) is 14.8. The van der Waals surface area contributed by atoms with E-state index in [2.05, 4.69) is 10.3 Å².